The quantitative estimate of drug-likeness (QED) is 0.529. The van der Waals surface area contributed by atoms with Gasteiger partial charge in [-0.2, -0.15) is 0 Å². The molecule has 3 rings (SSSR count). The Kier molecular flexibility index (Phi) is 5.64. The lowest BCUT2D eigenvalue weighted by Crippen LogP contribution is -2.19. The number of carbonyl (C=O) groups is 2. The van der Waals surface area contributed by atoms with Crippen molar-refractivity contribution >= 4 is 12.1 Å². The second-order valence-corrected chi connectivity index (χ2v) is 5.43. The summed E-state index contributed by atoms with van der Waals surface area (Å²) in [4.78, 5) is 26.1. The zero-order chi connectivity index (χ0) is 19.1. The van der Waals surface area contributed by atoms with Crippen LogP contribution >= 0.6 is 0 Å². The molecule has 0 bridgehead atoms. The molecule has 3 aromatic rings. The van der Waals surface area contributed by atoms with Crippen molar-refractivity contribution in [3.8, 4) is 17.2 Å². The minimum Gasteiger partial charge on any atom is -0.489 e. The third-order valence-corrected chi connectivity index (χ3v) is 3.44. The smallest absolute Gasteiger partial charge is 0.412 e. The van der Waals surface area contributed by atoms with Crippen molar-refractivity contribution in [3.63, 3.8) is 0 Å². The maximum absolute atomic E-state index is 11.6. The number of hydrogen-bond donors (Lipinski definition) is 1. The van der Waals surface area contributed by atoms with E-state index in [1.54, 1.807) is 30.3 Å². The lowest BCUT2D eigenvalue weighted by molar-refractivity contribution is 0.0631. The monoisotopic (exact) mass is 364 g/mol. The third kappa shape index (κ3) is 5.30. The van der Waals surface area contributed by atoms with Crippen molar-refractivity contribution in [2.24, 2.45) is 5.73 Å². The van der Waals surface area contributed by atoms with Crippen LogP contribution in [0.15, 0.2) is 72.9 Å². The molecule has 7 nitrogen and oxygen atoms in total. The van der Waals surface area contributed by atoms with Crippen molar-refractivity contribution in [1.29, 1.82) is 0 Å². The fourth-order valence-electron chi connectivity index (χ4n) is 2.21. The highest BCUT2D eigenvalue weighted by Crippen LogP contribution is 2.24. The molecule has 136 valence electrons. The van der Waals surface area contributed by atoms with Gasteiger partial charge in [-0.25, -0.2) is 14.6 Å². The second-order valence-electron chi connectivity index (χ2n) is 5.43. The van der Waals surface area contributed by atoms with Crippen LogP contribution in [-0.4, -0.2) is 17.0 Å². The van der Waals surface area contributed by atoms with Gasteiger partial charge in [-0.15, -0.1) is 0 Å². The average Bonchev–Trinajstić information content (AvgIpc) is 2.68. The van der Waals surface area contributed by atoms with Crippen molar-refractivity contribution < 1.29 is 23.8 Å². The highest BCUT2D eigenvalue weighted by atomic mass is 16.6. The van der Waals surface area contributed by atoms with E-state index in [2.05, 4.69) is 9.72 Å². The SMILES string of the molecule is NC(=O)OC(=O)c1cc(Oc2ccc(OCc3ccccc3)cc2)ccn1. The first-order valence-corrected chi connectivity index (χ1v) is 8.02. The second kappa shape index (κ2) is 8.48. The van der Waals surface area contributed by atoms with Crippen LogP contribution in [0.2, 0.25) is 0 Å². The topological polar surface area (TPSA) is 101 Å². The number of esters is 1. The van der Waals surface area contributed by atoms with Crippen LogP contribution in [0.3, 0.4) is 0 Å². The van der Waals surface area contributed by atoms with Crippen molar-refractivity contribution in [1.82, 2.24) is 4.98 Å². The first kappa shape index (κ1) is 17.9. The summed E-state index contributed by atoms with van der Waals surface area (Å²) in [5.41, 5.74) is 5.80. The van der Waals surface area contributed by atoms with Gasteiger partial charge in [-0.1, -0.05) is 30.3 Å². The average molecular weight is 364 g/mol. The number of benzene rings is 2. The fourth-order valence-corrected chi connectivity index (χ4v) is 2.21. The van der Waals surface area contributed by atoms with Gasteiger partial charge in [0.25, 0.3) is 0 Å². The van der Waals surface area contributed by atoms with Crippen LogP contribution < -0.4 is 15.2 Å². The van der Waals surface area contributed by atoms with E-state index in [1.807, 2.05) is 30.3 Å². The Bertz CT molecular complexity index is 927. The summed E-state index contributed by atoms with van der Waals surface area (Å²) < 4.78 is 15.7. The Balaban J connectivity index is 1.61. The van der Waals surface area contributed by atoms with Gasteiger partial charge >= 0.3 is 12.1 Å². The molecule has 0 unspecified atom stereocenters. The van der Waals surface area contributed by atoms with Gasteiger partial charge in [-0.3, -0.25) is 0 Å². The molecule has 0 aliphatic rings. The van der Waals surface area contributed by atoms with E-state index in [0.717, 1.165) is 5.56 Å². The van der Waals surface area contributed by atoms with E-state index in [1.165, 1.54) is 12.3 Å². The highest BCUT2D eigenvalue weighted by Gasteiger charge is 2.13. The molecule has 27 heavy (non-hydrogen) atoms. The molecule has 0 saturated heterocycles. The molecule has 7 heteroatoms. The number of nitrogens with zero attached hydrogens (tertiary/aromatic N) is 1. The molecule has 0 atom stereocenters. The van der Waals surface area contributed by atoms with Gasteiger partial charge in [0.1, 0.15) is 23.9 Å². The molecule has 0 spiro atoms. The zero-order valence-corrected chi connectivity index (χ0v) is 14.2. The maximum atomic E-state index is 11.6. The molecule has 0 aliphatic heterocycles. The molecular formula is C20H16N2O5. The number of hydrogen-bond acceptors (Lipinski definition) is 6. The van der Waals surface area contributed by atoms with Crippen molar-refractivity contribution in [3.05, 3.63) is 84.2 Å². The van der Waals surface area contributed by atoms with Crippen LogP contribution in [-0.2, 0) is 11.3 Å². The number of carbonyl (C=O) groups excluding carboxylic acids is 2. The minimum absolute atomic E-state index is 0.0888. The summed E-state index contributed by atoms with van der Waals surface area (Å²) in [6.07, 6.45) is 0.170. The predicted octanol–water partition coefficient (Wildman–Crippen LogP) is 3.69. The van der Waals surface area contributed by atoms with E-state index in [4.69, 9.17) is 15.2 Å². The van der Waals surface area contributed by atoms with Gasteiger partial charge in [0, 0.05) is 12.3 Å². The van der Waals surface area contributed by atoms with Gasteiger partial charge < -0.3 is 19.9 Å². The number of ether oxygens (including phenoxy) is 3. The van der Waals surface area contributed by atoms with Gasteiger partial charge in [0.05, 0.1) is 0 Å². The van der Waals surface area contributed by atoms with Gasteiger partial charge in [0.2, 0.25) is 0 Å². The van der Waals surface area contributed by atoms with Crippen molar-refractivity contribution in [2.75, 3.05) is 0 Å². The molecular weight excluding hydrogens is 348 g/mol. The molecule has 0 radical (unpaired) electrons. The minimum atomic E-state index is -1.20. The van der Waals surface area contributed by atoms with Gasteiger partial charge in [0.15, 0.2) is 5.69 Å². The molecule has 2 N–H and O–H groups in total. The van der Waals surface area contributed by atoms with E-state index < -0.39 is 12.1 Å². The largest absolute Gasteiger partial charge is 0.489 e. The lowest BCUT2D eigenvalue weighted by atomic mass is 10.2. The normalized spacial score (nSPS) is 10.1. The first-order valence-electron chi connectivity index (χ1n) is 8.02. The molecule has 0 fully saturated rings. The first-order chi connectivity index (χ1) is 13.1. The number of primary amides is 1. The number of aromatic nitrogens is 1. The highest BCUT2D eigenvalue weighted by molar-refractivity contribution is 5.94. The maximum Gasteiger partial charge on any atom is 0.412 e. The molecule has 1 aromatic heterocycles. The Morgan fingerprint density at radius 3 is 2.30 bits per heavy atom. The van der Waals surface area contributed by atoms with Crippen LogP contribution in [0.4, 0.5) is 4.79 Å². The Labute approximate surface area is 155 Å². The van der Waals surface area contributed by atoms with Crippen LogP contribution in [0.1, 0.15) is 16.1 Å². The number of nitrogens with two attached hydrogens (primary N) is 1. The summed E-state index contributed by atoms with van der Waals surface area (Å²) >= 11 is 0. The summed E-state index contributed by atoms with van der Waals surface area (Å²) in [6.45, 7) is 0.469. The molecule has 0 aliphatic carbocycles. The lowest BCUT2D eigenvalue weighted by Gasteiger charge is -2.09. The van der Waals surface area contributed by atoms with E-state index in [-0.39, 0.29) is 5.69 Å². The van der Waals surface area contributed by atoms with E-state index in [0.29, 0.717) is 23.9 Å². The fraction of sp³-hybridized carbons (Fsp3) is 0.0500. The van der Waals surface area contributed by atoms with Crippen LogP contribution in [0.25, 0.3) is 0 Å². The Hall–Kier alpha value is -3.87. The number of pyridine rings is 1. The number of amides is 1. The third-order valence-electron chi connectivity index (χ3n) is 3.44. The van der Waals surface area contributed by atoms with Crippen LogP contribution in [0.5, 0.6) is 17.2 Å². The standard InChI is InChI=1S/C20H16N2O5/c21-20(24)27-19(23)18-12-17(10-11-22-18)26-16-8-6-15(7-9-16)25-13-14-4-2-1-3-5-14/h1-12H,13H2,(H2,21,24). The summed E-state index contributed by atoms with van der Waals surface area (Å²) in [5.74, 6) is 0.658. The molecule has 2 aromatic carbocycles. The Morgan fingerprint density at radius 2 is 1.59 bits per heavy atom. The molecule has 1 heterocycles. The summed E-state index contributed by atoms with van der Waals surface area (Å²) in [7, 11) is 0. The van der Waals surface area contributed by atoms with Crippen LogP contribution in [0, 0.1) is 0 Å². The molecule has 0 saturated carbocycles. The van der Waals surface area contributed by atoms with Crippen molar-refractivity contribution in [2.45, 2.75) is 6.61 Å². The predicted molar refractivity (Wildman–Crippen MR) is 96.5 cm³/mol. The Morgan fingerprint density at radius 1 is 0.889 bits per heavy atom. The van der Waals surface area contributed by atoms with Gasteiger partial charge in [-0.05, 0) is 35.9 Å². The summed E-state index contributed by atoms with van der Waals surface area (Å²) in [6, 6.07) is 19.8. The number of rotatable bonds is 6. The summed E-state index contributed by atoms with van der Waals surface area (Å²) in [5, 5.41) is 0. The zero-order valence-electron chi connectivity index (χ0n) is 14.2. The molecule has 1 amide bonds. The van der Waals surface area contributed by atoms with E-state index in [9.17, 15) is 9.59 Å². The van der Waals surface area contributed by atoms with E-state index >= 15 is 0 Å².